The molecule has 6 nitrogen and oxygen atoms in total. The highest BCUT2D eigenvalue weighted by molar-refractivity contribution is 6.36. The SMILES string of the molecule is Cc1ccc(N/N=C(/C=O)C2N=c3ccccc3=NC2=O)cc1. The number of nitrogens with one attached hydrogen (secondary N) is 1. The molecule has 1 aliphatic heterocycles. The van der Waals surface area contributed by atoms with Crippen molar-refractivity contribution in [3.63, 3.8) is 0 Å². The molecule has 0 bridgehead atoms. The molecule has 0 saturated heterocycles. The summed E-state index contributed by atoms with van der Waals surface area (Å²) in [5, 5.41) is 5.09. The van der Waals surface area contributed by atoms with Gasteiger partial charge in [-0.3, -0.25) is 20.0 Å². The lowest BCUT2D eigenvalue weighted by Crippen LogP contribution is -2.41. The lowest BCUT2D eigenvalue weighted by atomic mass is 10.1. The third-order valence-corrected chi connectivity index (χ3v) is 3.38. The van der Waals surface area contributed by atoms with Gasteiger partial charge in [0.05, 0.1) is 16.4 Å². The molecule has 23 heavy (non-hydrogen) atoms. The Hall–Kier alpha value is -3.15. The van der Waals surface area contributed by atoms with Crippen molar-refractivity contribution in [2.75, 3.05) is 5.43 Å². The standard InChI is InChI=1S/C17H14N4O2/c1-11-6-8-12(9-7-11)20-21-15(10-22)16-17(23)19-14-5-3-2-4-13(14)18-16/h2-10,16,20H,1H3/b21-15-. The number of amides is 1. The van der Waals surface area contributed by atoms with Crippen molar-refractivity contribution in [2.45, 2.75) is 13.0 Å². The first-order valence-electron chi connectivity index (χ1n) is 7.08. The van der Waals surface area contributed by atoms with Crippen LogP contribution in [0.5, 0.6) is 0 Å². The number of aryl methyl sites for hydroxylation is 1. The largest absolute Gasteiger partial charge is 0.296 e. The number of anilines is 1. The van der Waals surface area contributed by atoms with E-state index < -0.39 is 11.9 Å². The van der Waals surface area contributed by atoms with Gasteiger partial charge in [-0.05, 0) is 31.2 Å². The minimum absolute atomic E-state index is 0.00571. The van der Waals surface area contributed by atoms with Crippen LogP contribution in [-0.4, -0.2) is 23.9 Å². The fourth-order valence-electron chi connectivity index (χ4n) is 2.14. The molecular formula is C17H14N4O2. The molecule has 0 aromatic heterocycles. The van der Waals surface area contributed by atoms with Crippen molar-refractivity contribution < 1.29 is 9.59 Å². The van der Waals surface area contributed by atoms with E-state index >= 15 is 0 Å². The van der Waals surface area contributed by atoms with Crippen LogP contribution in [-0.2, 0) is 9.59 Å². The van der Waals surface area contributed by atoms with Gasteiger partial charge in [0.1, 0.15) is 5.71 Å². The maximum atomic E-state index is 12.1. The van der Waals surface area contributed by atoms with E-state index in [1.165, 1.54) is 0 Å². The highest BCUT2D eigenvalue weighted by Gasteiger charge is 2.25. The highest BCUT2D eigenvalue weighted by atomic mass is 16.2. The lowest BCUT2D eigenvalue weighted by molar-refractivity contribution is -0.118. The number of para-hydroxylation sites is 2. The highest BCUT2D eigenvalue weighted by Crippen LogP contribution is 2.09. The van der Waals surface area contributed by atoms with Gasteiger partial charge in [0.2, 0.25) is 0 Å². The van der Waals surface area contributed by atoms with Gasteiger partial charge in [0.15, 0.2) is 12.3 Å². The molecular weight excluding hydrogens is 292 g/mol. The number of carbonyl (C=O) groups excluding carboxylic acids is 2. The predicted molar refractivity (Wildman–Crippen MR) is 85.8 cm³/mol. The second kappa shape index (κ2) is 6.31. The number of nitrogens with zero attached hydrogens (tertiary/aromatic N) is 3. The van der Waals surface area contributed by atoms with E-state index in [2.05, 4.69) is 20.5 Å². The minimum atomic E-state index is -1.01. The number of hydrogen-bond donors (Lipinski definition) is 1. The fourth-order valence-corrected chi connectivity index (χ4v) is 2.14. The van der Waals surface area contributed by atoms with Crippen LogP contribution in [0.15, 0.2) is 63.6 Å². The second-order valence-corrected chi connectivity index (χ2v) is 5.10. The monoisotopic (exact) mass is 306 g/mol. The Balaban J connectivity index is 1.90. The van der Waals surface area contributed by atoms with Crippen LogP contribution in [0.4, 0.5) is 5.69 Å². The van der Waals surface area contributed by atoms with Gasteiger partial charge in [-0.25, -0.2) is 4.99 Å². The zero-order chi connectivity index (χ0) is 16.2. The molecule has 1 atom stereocenters. The van der Waals surface area contributed by atoms with E-state index in [9.17, 15) is 9.59 Å². The number of carbonyl (C=O) groups is 2. The summed E-state index contributed by atoms with van der Waals surface area (Å²) in [6.07, 6.45) is 0.525. The normalized spacial score (nSPS) is 16.8. The molecule has 2 aromatic rings. The van der Waals surface area contributed by atoms with Crippen LogP contribution in [0.1, 0.15) is 5.56 Å². The Morgan fingerprint density at radius 2 is 1.83 bits per heavy atom. The fraction of sp³-hybridized carbons (Fsp3) is 0.118. The van der Waals surface area contributed by atoms with Gasteiger partial charge in [-0.1, -0.05) is 29.8 Å². The molecule has 0 fully saturated rings. The summed E-state index contributed by atoms with van der Waals surface area (Å²) >= 11 is 0. The van der Waals surface area contributed by atoms with E-state index in [0.29, 0.717) is 17.0 Å². The van der Waals surface area contributed by atoms with Gasteiger partial charge < -0.3 is 0 Å². The first-order chi connectivity index (χ1) is 11.2. The van der Waals surface area contributed by atoms with Crippen molar-refractivity contribution in [2.24, 2.45) is 15.1 Å². The average molecular weight is 306 g/mol. The molecule has 6 heteroatoms. The van der Waals surface area contributed by atoms with Gasteiger partial charge in [-0.2, -0.15) is 5.10 Å². The predicted octanol–water partition coefficient (Wildman–Crippen LogP) is 0.810. The van der Waals surface area contributed by atoms with Gasteiger partial charge in [0.25, 0.3) is 5.91 Å². The van der Waals surface area contributed by atoms with Gasteiger partial charge in [0, 0.05) is 0 Å². The summed E-state index contributed by atoms with van der Waals surface area (Å²) in [4.78, 5) is 31.6. The van der Waals surface area contributed by atoms with Crippen molar-refractivity contribution in [3.05, 3.63) is 64.8 Å². The van der Waals surface area contributed by atoms with Crippen LogP contribution < -0.4 is 16.1 Å². The number of hydrazone groups is 1. The molecule has 1 aliphatic rings. The topological polar surface area (TPSA) is 83.2 Å². The Morgan fingerprint density at radius 3 is 2.52 bits per heavy atom. The Labute approximate surface area is 132 Å². The molecule has 1 amide bonds. The van der Waals surface area contributed by atoms with Crippen LogP contribution >= 0.6 is 0 Å². The number of hydrogen-bond acceptors (Lipinski definition) is 5. The second-order valence-electron chi connectivity index (χ2n) is 5.10. The number of benzene rings is 2. The Morgan fingerprint density at radius 1 is 1.13 bits per heavy atom. The minimum Gasteiger partial charge on any atom is -0.296 e. The lowest BCUT2D eigenvalue weighted by Gasteiger charge is -2.11. The summed E-state index contributed by atoms with van der Waals surface area (Å²) in [6, 6.07) is 13.5. The van der Waals surface area contributed by atoms with E-state index in [-0.39, 0.29) is 5.71 Å². The summed E-state index contributed by atoms with van der Waals surface area (Å²) in [6.45, 7) is 1.97. The molecule has 0 spiro atoms. The van der Waals surface area contributed by atoms with Gasteiger partial charge >= 0.3 is 0 Å². The number of aldehydes is 1. The summed E-state index contributed by atoms with van der Waals surface area (Å²) in [5.74, 6) is -0.500. The van der Waals surface area contributed by atoms with E-state index in [4.69, 9.17) is 0 Å². The Kier molecular flexibility index (Phi) is 4.05. The van der Waals surface area contributed by atoms with Crippen LogP contribution in [0, 0.1) is 6.92 Å². The molecule has 0 saturated carbocycles. The third-order valence-electron chi connectivity index (χ3n) is 3.38. The van der Waals surface area contributed by atoms with Crippen molar-refractivity contribution in [1.82, 2.24) is 0 Å². The van der Waals surface area contributed by atoms with Gasteiger partial charge in [-0.15, -0.1) is 0 Å². The van der Waals surface area contributed by atoms with E-state index in [1.54, 1.807) is 24.3 Å². The summed E-state index contributed by atoms with van der Waals surface area (Å²) < 4.78 is 0. The zero-order valence-corrected chi connectivity index (χ0v) is 12.4. The molecule has 0 aliphatic carbocycles. The summed E-state index contributed by atoms with van der Waals surface area (Å²) in [7, 11) is 0. The molecule has 1 heterocycles. The molecule has 1 N–H and O–H groups in total. The first kappa shape index (κ1) is 14.8. The molecule has 2 aromatic carbocycles. The van der Waals surface area contributed by atoms with Crippen molar-refractivity contribution in [1.29, 1.82) is 0 Å². The quantitative estimate of drug-likeness (QED) is 0.515. The van der Waals surface area contributed by atoms with E-state index in [1.807, 2.05) is 31.2 Å². The van der Waals surface area contributed by atoms with Crippen LogP contribution in [0.2, 0.25) is 0 Å². The smallest absolute Gasteiger partial charge is 0.277 e. The molecule has 0 radical (unpaired) electrons. The van der Waals surface area contributed by atoms with Crippen LogP contribution in [0.25, 0.3) is 0 Å². The Bertz CT molecular complexity index is 901. The van der Waals surface area contributed by atoms with E-state index in [0.717, 1.165) is 11.3 Å². The third kappa shape index (κ3) is 3.21. The molecule has 3 rings (SSSR count). The van der Waals surface area contributed by atoms with Crippen molar-refractivity contribution >= 4 is 23.6 Å². The average Bonchev–Trinajstić information content (AvgIpc) is 2.57. The van der Waals surface area contributed by atoms with Crippen molar-refractivity contribution in [3.8, 4) is 0 Å². The maximum absolute atomic E-state index is 12.1. The molecule has 114 valence electrons. The number of fused-ring (bicyclic) bond motifs is 1. The van der Waals surface area contributed by atoms with Crippen LogP contribution in [0.3, 0.4) is 0 Å². The first-order valence-corrected chi connectivity index (χ1v) is 7.08. The summed E-state index contributed by atoms with van der Waals surface area (Å²) in [5.41, 5.74) is 4.59. The molecule has 1 unspecified atom stereocenters. The number of rotatable bonds is 4. The maximum Gasteiger partial charge on any atom is 0.277 e. The zero-order valence-electron chi connectivity index (χ0n) is 12.4.